The first kappa shape index (κ1) is 17.9. The molecule has 1 saturated heterocycles. The van der Waals surface area contributed by atoms with Gasteiger partial charge in [0.15, 0.2) is 0 Å². The van der Waals surface area contributed by atoms with Gasteiger partial charge in [0.25, 0.3) is 0 Å². The van der Waals surface area contributed by atoms with E-state index in [0.29, 0.717) is 23.9 Å². The first-order valence-corrected chi connectivity index (χ1v) is 8.08. The molecule has 2 atom stereocenters. The van der Waals surface area contributed by atoms with Crippen LogP contribution in [0.3, 0.4) is 0 Å². The molecule has 2 rings (SSSR count). The highest BCUT2D eigenvalue weighted by Crippen LogP contribution is 2.34. The molecule has 1 amide bonds. The minimum absolute atomic E-state index is 0.0339. The molecular weight excluding hydrogens is 318 g/mol. The van der Waals surface area contributed by atoms with Crippen LogP contribution in [0.2, 0.25) is 5.02 Å². The number of likely N-dealkylation sites (tertiary alicyclic amines) is 1. The van der Waals surface area contributed by atoms with Gasteiger partial charge in [-0.3, -0.25) is 0 Å². The zero-order chi connectivity index (χ0) is 17.2. The van der Waals surface area contributed by atoms with Crippen molar-refractivity contribution in [2.45, 2.75) is 38.9 Å². The van der Waals surface area contributed by atoms with E-state index >= 15 is 0 Å². The quantitative estimate of drug-likeness (QED) is 0.911. The normalized spacial score (nSPS) is 19.6. The molecule has 1 heterocycles. The number of aliphatic hydroxyl groups excluding tert-OH is 1. The number of nitrogens with zero attached hydrogens (tertiary/aromatic N) is 1. The molecule has 0 aromatic heterocycles. The number of hydrogen-bond acceptors (Lipinski definition) is 4. The Hall–Kier alpha value is -1.46. The number of ether oxygens (including phenoxy) is 2. The van der Waals surface area contributed by atoms with Crippen molar-refractivity contribution in [3.8, 4) is 5.75 Å². The summed E-state index contributed by atoms with van der Waals surface area (Å²) in [7, 11) is 1.54. The Balaban J connectivity index is 2.02. The van der Waals surface area contributed by atoms with Crippen molar-refractivity contribution in [3.05, 3.63) is 28.8 Å². The maximum Gasteiger partial charge on any atom is 0.410 e. The molecule has 1 fully saturated rings. The molecular formula is C17H24ClNO4. The number of halogens is 1. The van der Waals surface area contributed by atoms with E-state index in [2.05, 4.69) is 0 Å². The number of benzene rings is 1. The van der Waals surface area contributed by atoms with E-state index in [0.717, 1.165) is 12.0 Å². The van der Waals surface area contributed by atoms with Gasteiger partial charge in [-0.25, -0.2) is 4.79 Å². The monoisotopic (exact) mass is 341 g/mol. The molecule has 1 aliphatic rings. The van der Waals surface area contributed by atoms with Gasteiger partial charge in [0.1, 0.15) is 11.4 Å². The molecule has 1 N–H and O–H groups in total. The second-order valence-corrected chi connectivity index (χ2v) is 7.22. The summed E-state index contributed by atoms with van der Waals surface area (Å²) in [5.74, 6) is 0.499. The highest BCUT2D eigenvalue weighted by molar-refractivity contribution is 6.32. The zero-order valence-corrected chi connectivity index (χ0v) is 14.8. The highest BCUT2D eigenvalue weighted by atomic mass is 35.5. The summed E-state index contributed by atoms with van der Waals surface area (Å²) in [6.07, 6.45) is -0.278. The molecule has 0 spiro atoms. The maximum atomic E-state index is 12.1. The van der Waals surface area contributed by atoms with Gasteiger partial charge in [-0.2, -0.15) is 0 Å². The SMILES string of the molecule is COc1cc(C(O)C2CCN(C(=O)OC(C)(C)C)C2)ccc1Cl. The van der Waals surface area contributed by atoms with Crippen molar-refractivity contribution in [2.75, 3.05) is 20.2 Å². The smallest absolute Gasteiger partial charge is 0.410 e. The Morgan fingerprint density at radius 2 is 2.13 bits per heavy atom. The fourth-order valence-electron chi connectivity index (χ4n) is 2.67. The van der Waals surface area contributed by atoms with Gasteiger partial charge in [-0.15, -0.1) is 0 Å². The molecule has 23 heavy (non-hydrogen) atoms. The van der Waals surface area contributed by atoms with Gasteiger partial charge >= 0.3 is 6.09 Å². The van der Waals surface area contributed by atoms with E-state index in [1.807, 2.05) is 20.8 Å². The van der Waals surface area contributed by atoms with Gasteiger partial charge in [-0.1, -0.05) is 17.7 Å². The van der Waals surface area contributed by atoms with Crippen molar-refractivity contribution < 1.29 is 19.4 Å². The lowest BCUT2D eigenvalue weighted by atomic mass is 9.95. The van der Waals surface area contributed by atoms with E-state index in [-0.39, 0.29) is 12.0 Å². The van der Waals surface area contributed by atoms with Crippen LogP contribution in [0, 0.1) is 5.92 Å². The van der Waals surface area contributed by atoms with Gasteiger partial charge in [-0.05, 0) is 44.9 Å². The first-order chi connectivity index (χ1) is 10.7. The van der Waals surface area contributed by atoms with Gasteiger partial charge in [0.05, 0.1) is 18.2 Å². The highest BCUT2D eigenvalue weighted by Gasteiger charge is 2.34. The van der Waals surface area contributed by atoms with Crippen LogP contribution in [0.25, 0.3) is 0 Å². The third kappa shape index (κ3) is 4.52. The largest absolute Gasteiger partial charge is 0.495 e. The summed E-state index contributed by atoms with van der Waals surface area (Å²) < 4.78 is 10.6. The minimum atomic E-state index is -0.673. The van der Waals surface area contributed by atoms with E-state index in [1.165, 1.54) is 7.11 Å². The Bertz CT molecular complexity index is 570. The molecule has 5 nitrogen and oxygen atoms in total. The molecule has 0 bridgehead atoms. The molecule has 2 unspecified atom stereocenters. The summed E-state index contributed by atoms with van der Waals surface area (Å²) in [6.45, 7) is 6.58. The number of amides is 1. The fourth-order valence-corrected chi connectivity index (χ4v) is 2.86. The van der Waals surface area contributed by atoms with Crippen LogP contribution in [0.5, 0.6) is 5.75 Å². The minimum Gasteiger partial charge on any atom is -0.495 e. The number of rotatable bonds is 3. The predicted octanol–water partition coefficient (Wildman–Crippen LogP) is 3.64. The van der Waals surface area contributed by atoms with E-state index < -0.39 is 11.7 Å². The van der Waals surface area contributed by atoms with Crippen molar-refractivity contribution in [1.29, 1.82) is 0 Å². The molecule has 1 aromatic carbocycles. The Labute approximate surface area is 142 Å². The molecule has 128 valence electrons. The Kier molecular flexibility index (Phi) is 5.42. The molecule has 1 aromatic rings. The van der Waals surface area contributed by atoms with Crippen LogP contribution in [0.4, 0.5) is 4.79 Å². The molecule has 0 saturated carbocycles. The lowest BCUT2D eigenvalue weighted by Crippen LogP contribution is -2.35. The number of carbonyl (C=O) groups excluding carboxylic acids is 1. The predicted molar refractivity (Wildman–Crippen MR) is 88.9 cm³/mol. The summed E-state index contributed by atoms with van der Waals surface area (Å²) >= 11 is 6.01. The summed E-state index contributed by atoms with van der Waals surface area (Å²) in [4.78, 5) is 13.7. The second-order valence-electron chi connectivity index (χ2n) is 6.81. The van der Waals surface area contributed by atoms with E-state index in [1.54, 1.807) is 23.1 Å². The van der Waals surface area contributed by atoms with Crippen molar-refractivity contribution in [1.82, 2.24) is 4.90 Å². The number of methoxy groups -OCH3 is 1. The summed E-state index contributed by atoms with van der Waals surface area (Å²) in [6, 6.07) is 5.23. The standard InChI is InChI=1S/C17H24ClNO4/c1-17(2,3)23-16(21)19-8-7-12(10-19)15(20)11-5-6-13(18)14(9-11)22-4/h5-6,9,12,15,20H,7-8,10H2,1-4H3. The maximum absolute atomic E-state index is 12.1. The molecule has 0 radical (unpaired) electrons. The van der Waals surface area contributed by atoms with Crippen LogP contribution in [0.1, 0.15) is 38.9 Å². The number of hydrogen-bond donors (Lipinski definition) is 1. The second kappa shape index (κ2) is 6.97. The van der Waals surface area contributed by atoms with Crippen LogP contribution < -0.4 is 4.74 Å². The first-order valence-electron chi connectivity index (χ1n) is 7.70. The van der Waals surface area contributed by atoms with Crippen molar-refractivity contribution >= 4 is 17.7 Å². The lowest BCUT2D eigenvalue weighted by Gasteiger charge is -2.25. The Morgan fingerprint density at radius 1 is 1.43 bits per heavy atom. The Morgan fingerprint density at radius 3 is 2.74 bits per heavy atom. The fraction of sp³-hybridized carbons (Fsp3) is 0.588. The number of carbonyl (C=O) groups is 1. The summed E-state index contributed by atoms with van der Waals surface area (Å²) in [5, 5.41) is 11.1. The molecule has 0 aliphatic carbocycles. The average molecular weight is 342 g/mol. The van der Waals surface area contributed by atoms with E-state index in [9.17, 15) is 9.90 Å². The van der Waals surface area contributed by atoms with Gasteiger partial charge in [0.2, 0.25) is 0 Å². The third-order valence-corrected chi connectivity index (χ3v) is 4.15. The van der Waals surface area contributed by atoms with Crippen LogP contribution in [-0.2, 0) is 4.74 Å². The van der Waals surface area contributed by atoms with Gasteiger partial charge in [0, 0.05) is 19.0 Å². The van der Waals surface area contributed by atoms with Crippen molar-refractivity contribution in [3.63, 3.8) is 0 Å². The average Bonchev–Trinajstić information content (AvgIpc) is 2.95. The summed E-state index contributed by atoms with van der Waals surface area (Å²) in [5.41, 5.74) is 0.222. The molecule has 1 aliphatic heterocycles. The van der Waals surface area contributed by atoms with Gasteiger partial charge < -0.3 is 19.5 Å². The van der Waals surface area contributed by atoms with Crippen LogP contribution in [0.15, 0.2) is 18.2 Å². The lowest BCUT2D eigenvalue weighted by molar-refractivity contribution is 0.0268. The third-order valence-electron chi connectivity index (χ3n) is 3.84. The van der Waals surface area contributed by atoms with Crippen molar-refractivity contribution in [2.24, 2.45) is 5.92 Å². The topological polar surface area (TPSA) is 59.0 Å². The number of aliphatic hydroxyl groups is 1. The van der Waals surface area contributed by atoms with Crippen LogP contribution in [-0.4, -0.2) is 41.9 Å². The van der Waals surface area contributed by atoms with Crippen LogP contribution >= 0.6 is 11.6 Å². The zero-order valence-electron chi connectivity index (χ0n) is 14.0. The van der Waals surface area contributed by atoms with E-state index in [4.69, 9.17) is 21.1 Å². The molecule has 6 heteroatoms.